The van der Waals surface area contributed by atoms with E-state index in [9.17, 15) is 4.79 Å². The van der Waals surface area contributed by atoms with Crippen LogP contribution >= 0.6 is 0 Å². The standard InChI is InChI=1S/C20H20N4O/c1-14-6-4-7-15(12-14)24-19-10-5-9-17(16(19)13-22-24)23-20(25)18-8-2-3-11-21-18/h2-4,6-8,11-13,17H,5,9-10H2,1H3,(H,23,25). The molecular formula is C20H20N4O. The van der Waals surface area contributed by atoms with Crippen molar-refractivity contribution in [1.29, 1.82) is 0 Å². The van der Waals surface area contributed by atoms with Crippen LogP contribution in [0, 0.1) is 6.92 Å². The average molecular weight is 332 g/mol. The second-order valence-corrected chi connectivity index (χ2v) is 6.43. The van der Waals surface area contributed by atoms with Crippen LogP contribution in [0.3, 0.4) is 0 Å². The van der Waals surface area contributed by atoms with Crippen molar-refractivity contribution in [2.75, 3.05) is 0 Å². The highest BCUT2D eigenvalue weighted by atomic mass is 16.1. The smallest absolute Gasteiger partial charge is 0.270 e. The van der Waals surface area contributed by atoms with Crippen LogP contribution in [0.1, 0.15) is 46.2 Å². The van der Waals surface area contributed by atoms with Crippen LogP contribution in [0.5, 0.6) is 0 Å². The Kier molecular flexibility index (Phi) is 4.06. The van der Waals surface area contributed by atoms with Gasteiger partial charge in [0, 0.05) is 17.5 Å². The van der Waals surface area contributed by atoms with Crippen LogP contribution in [0.4, 0.5) is 0 Å². The first kappa shape index (κ1) is 15.6. The van der Waals surface area contributed by atoms with E-state index in [1.807, 2.05) is 23.0 Å². The van der Waals surface area contributed by atoms with Crippen molar-refractivity contribution >= 4 is 5.91 Å². The fourth-order valence-corrected chi connectivity index (χ4v) is 3.42. The van der Waals surface area contributed by atoms with Crippen LogP contribution < -0.4 is 5.32 Å². The van der Waals surface area contributed by atoms with Crippen molar-refractivity contribution in [1.82, 2.24) is 20.1 Å². The maximum absolute atomic E-state index is 12.4. The number of carbonyl (C=O) groups excluding carboxylic acids is 1. The van der Waals surface area contributed by atoms with E-state index in [-0.39, 0.29) is 11.9 Å². The van der Waals surface area contributed by atoms with Crippen molar-refractivity contribution in [2.45, 2.75) is 32.2 Å². The Balaban J connectivity index is 1.62. The molecule has 126 valence electrons. The monoisotopic (exact) mass is 332 g/mol. The minimum absolute atomic E-state index is 0.0168. The molecule has 0 fully saturated rings. The van der Waals surface area contributed by atoms with Crippen molar-refractivity contribution in [3.05, 3.63) is 77.4 Å². The molecule has 4 rings (SSSR count). The molecule has 1 unspecified atom stereocenters. The zero-order valence-electron chi connectivity index (χ0n) is 14.1. The van der Waals surface area contributed by atoms with E-state index in [1.54, 1.807) is 18.3 Å². The summed E-state index contributed by atoms with van der Waals surface area (Å²) in [5.74, 6) is -0.137. The highest BCUT2D eigenvalue weighted by Crippen LogP contribution is 2.31. The van der Waals surface area contributed by atoms with Crippen LogP contribution in [0.2, 0.25) is 0 Å². The molecule has 1 amide bonds. The number of benzene rings is 1. The number of hydrogen-bond acceptors (Lipinski definition) is 3. The first-order chi connectivity index (χ1) is 12.2. The summed E-state index contributed by atoms with van der Waals surface area (Å²) >= 11 is 0. The van der Waals surface area contributed by atoms with Gasteiger partial charge in [-0.05, 0) is 56.0 Å². The molecule has 1 aliphatic rings. The molecule has 0 saturated carbocycles. The Morgan fingerprint density at radius 1 is 1.24 bits per heavy atom. The third kappa shape index (κ3) is 3.05. The Hall–Kier alpha value is -2.95. The predicted molar refractivity (Wildman–Crippen MR) is 95.7 cm³/mol. The number of aryl methyl sites for hydroxylation is 1. The topological polar surface area (TPSA) is 59.8 Å². The fourth-order valence-electron chi connectivity index (χ4n) is 3.42. The van der Waals surface area contributed by atoms with E-state index in [4.69, 9.17) is 0 Å². The van der Waals surface area contributed by atoms with Gasteiger partial charge in [0.1, 0.15) is 5.69 Å². The van der Waals surface area contributed by atoms with Crippen molar-refractivity contribution in [3.8, 4) is 5.69 Å². The first-order valence-electron chi connectivity index (χ1n) is 8.58. The molecule has 1 N–H and O–H groups in total. The average Bonchev–Trinajstić information content (AvgIpc) is 3.07. The Morgan fingerprint density at radius 3 is 2.96 bits per heavy atom. The molecule has 25 heavy (non-hydrogen) atoms. The van der Waals surface area contributed by atoms with E-state index in [1.165, 1.54) is 11.3 Å². The summed E-state index contributed by atoms with van der Waals surface area (Å²) in [5.41, 5.74) is 5.01. The minimum Gasteiger partial charge on any atom is -0.344 e. The van der Waals surface area contributed by atoms with Gasteiger partial charge >= 0.3 is 0 Å². The van der Waals surface area contributed by atoms with Gasteiger partial charge in [-0.25, -0.2) is 4.68 Å². The van der Waals surface area contributed by atoms with Gasteiger partial charge in [0.15, 0.2) is 0 Å². The van der Waals surface area contributed by atoms with Gasteiger partial charge in [0.05, 0.1) is 17.9 Å². The van der Waals surface area contributed by atoms with Gasteiger partial charge in [0.2, 0.25) is 0 Å². The van der Waals surface area contributed by atoms with E-state index in [0.29, 0.717) is 5.69 Å². The number of carbonyl (C=O) groups is 1. The number of nitrogens with zero attached hydrogens (tertiary/aromatic N) is 3. The summed E-state index contributed by atoms with van der Waals surface area (Å²) in [6.07, 6.45) is 6.44. The maximum atomic E-state index is 12.4. The van der Waals surface area contributed by atoms with E-state index >= 15 is 0 Å². The molecule has 0 saturated heterocycles. The number of nitrogens with one attached hydrogen (secondary N) is 1. The van der Waals surface area contributed by atoms with Crippen LogP contribution in [0.15, 0.2) is 54.9 Å². The minimum atomic E-state index is -0.137. The van der Waals surface area contributed by atoms with Crippen molar-refractivity contribution < 1.29 is 4.79 Å². The lowest BCUT2D eigenvalue weighted by atomic mass is 9.92. The highest BCUT2D eigenvalue weighted by Gasteiger charge is 2.26. The van der Waals surface area contributed by atoms with Gasteiger partial charge in [0.25, 0.3) is 5.91 Å². The first-order valence-corrected chi connectivity index (χ1v) is 8.58. The van der Waals surface area contributed by atoms with E-state index in [0.717, 1.165) is 30.5 Å². The molecule has 0 bridgehead atoms. The zero-order valence-corrected chi connectivity index (χ0v) is 14.1. The predicted octanol–water partition coefficient (Wildman–Crippen LogP) is 3.38. The quantitative estimate of drug-likeness (QED) is 0.800. The molecular weight excluding hydrogens is 312 g/mol. The molecule has 2 aromatic heterocycles. The van der Waals surface area contributed by atoms with E-state index < -0.39 is 0 Å². The van der Waals surface area contributed by atoms with Crippen LogP contribution in [-0.4, -0.2) is 20.7 Å². The number of pyridine rings is 1. The highest BCUT2D eigenvalue weighted by molar-refractivity contribution is 5.92. The lowest BCUT2D eigenvalue weighted by Crippen LogP contribution is -2.31. The summed E-state index contributed by atoms with van der Waals surface area (Å²) in [6, 6.07) is 13.7. The number of fused-ring (bicyclic) bond motifs is 1. The fraction of sp³-hybridized carbons (Fsp3) is 0.250. The number of hydrogen-bond donors (Lipinski definition) is 1. The molecule has 2 heterocycles. The summed E-state index contributed by atoms with van der Waals surface area (Å²) < 4.78 is 2.00. The second-order valence-electron chi connectivity index (χ2n) is 6.43. The number of amides is 1. The normalized spacial score (nSPS) is 16.3. The lowest BCUT2D eigenvalue weighted by Gasteiger charge is -2.24. The molecule has 1 atom stereocenters. The van der Waals surface area contributed by atoms with Crippen molar-refractivity contribution in [2.24, 2.45) is 0 Å². The van der Waals surface area contributed by atoms with Crippen LogP contribution in [0.25, 0.3) is 5.69 Å². The van der Waals surface area contributed by atoms with Gasteiger partial charge in [-0.15, -0.1) is 0 Å². The van der Waals surface area contributed by atoms with Crippen LogP contribution in [-0.2, 0) is 6.42 Å². The SMILES string of the molecule is Cc1cccc(-n2ncc3c2CCCC3NC(=O)c2ccccn2)c1. The molecule has 5 nitrogen and oxygen atoms in total. The lowest BCUT2D eigenvalue weighted by molar-refractivity contribution is 0.0927. The molecule has 0 spiro atoms. The Morgan fingerprint density at radius 2 is 2.16 bits per heavy atom. The molecule has 0 aliphatic heterocycles. The molecule has 3 aromatic rings. The largest absolute Gasteiger partial charge is 0.344 e. The Labute approximate surface area is 146 Å². The van der Waals surface area contributed by atoms with E-state index in [2.05, 4.69) is 40.5 Å². The van der Waals surface area contributed by atoms with Crippen molar-refractivity contribution in [3.63, 3.8) is 0 Å². The molecule has 1 aliphatic carbocycles. The van der Waals surface area contributed by atoms with Gasteiger partial charge in [-0.3, -0.25) is 9.78 Å². The summed E-state index contributed by atoms with van der Waals surface area (Å²) in [6.45, 7) is 2.08. The molecule has 0 radical (unpaired) electrons. The molecule has 1 aromatic carbocycles. The van der Waals surface area contributed by atoms with Gasteiger partial charge < -0.3 is 5.32 Å². The Bertz CT molecular complexity index is 901. The third-order valence-corrected chi connectivity index (χ3v) is 4.63. The van der Waals surface area contributed by atoms with Gasteiger partial charge in [-0.1, -0.05) is 18.2 Å². The zero-order chi connectivity index (χ0) is 17.2. The summed E-state index contributed by atoms with van der Waals surface area (Å²) in [4.78, 5) is 16.6. The number of rotatable bonds is 3. The number of aromatic nitrogens is 3. The summed E-state index contributed by atoms with van der Waals surface area (Å²) in [7, 11) is 0. The molecule has 5 heteroatoms. The second kappa shape index (κ2) is 6.51. The third-order valence-electron chi connectivity index (χ3n) is 4.63. The van der Waals surface area contributed by atoms with Gasteiger partial charge in [-0.2, -0.15) is 5.10 Å². The maximum Gasteiger partial charge on any atom is 0.270 e. The summed E-state index contributed by atoms with van der Waals surface area (Å²) in [5, 5.41) is 7.70.